The third kappa shape index (κ3) is 2.95. The summed E-state index contributed by atoms with van der Waals surface area (Å²) in [6.45, 7) is 1.75. The van der Waals surface area contributed by atoms with Crippen LogP contribution in [-0.2, 0) is 0 Å². The lowest BCUT2D eigenvalue weighted by Gasteiger charge is -2.13. The molecule has 0 spiro atoms. The van der Waals surface area contributed by atoms with Gasteiger partial charge in [0, 0.05) is 9.50 Å². The molecule has 0 aromatic heterocycles. The van der Waals surface area contributed by atoms with E-state index >= 15 is 0 Å². The highest BCUT2D eigenvalue weighted by atomic mass is 79.9. The van der Waals surface area contributed by atoms with E-state index in [1.807, 2.05) is 24.3 Å². The van der Waals surface area contributed by atoms with Gasteiger partial charge in [0.2, 0.25) is 0 Å². The van der Waals surface area contributed by atoms with Crippen LogP contribution in [0.2, 0.25) is 5.02 Å². The Kier molecular flexibility index (Phi) is 4.46. The molecule has 0 radical (unpaired) electrons. The van der Waals surface area contributed by atoms with Crippen molar-refractivity contribution in [1.82, 2.24) is 0 Å². The van der Waals surface area contributed by atoms with E-state index in [1.54, 1.807) is 13.0 Å². The van der Waals surface area contributed by atoms with Gasteiger partial charge in [-0.1, -0.05) is 61.7 Å². The average Bonchev–Trinajstić information content (AvgIpc) is 2.32. The van der Waals surface area contributed by atoms with Crippen molar-refractivity contribution >= 4 is 43.5 Å². The van der Waals surface area contributed by atoms with Gasteiger partial charge in [0.05, 0.1) is 4.83 Å². The number of aryl methyl sites for hydroxylation is 1. The van der Waals surface area contributed by atoms with Crippen molar-refractivity contribution in [2.75, 3.05) is 0 Å². The monoisotopic (exact) mass is 390 g/mol. The fourth-order valence-electron chi connectivity index (χ4n) is 1.71. The normalized spacial score (nSPS) is 12.5. The van der Waals surface area contributed by atoms with Crippen LogP contribution in [0.5, 0.6) is 0 Å². The minimum atomic E-state index is -0.194. The largest absolute Gasteiger partial charge is 0.207 e. The Morgan fingerprint density at radius 1 is 1.17 bits per heavy atom. The molecule has 18 heavy (non-hydrogen) atoms. The summed E-state index contributed by atoms with van der Waals surface area (Å²) in [5.74, 6) is -0.194. The van der Waals surface area contributed by atoms with Crippen molar-refractivity contribution < 1.29 is 4.39 Å². The van der Waals surface area contributed by atoms with Crippen molar-refractivity contribution in [2.24, 2.45) is 0 Å². The van der Waals surface area contributed by atoms with Crippen molar-refractivity contribution in [2.45, 2.75) is 11.8 Å². The van der Waals surface area contributed by atoms with Gasteiger partial charge in [-0.2, -0.15) is 0 Å². The first kappa shape index (κ1) is 14.0. The molecule has 0 fully saturated rings. The highest BCUT2D eigenvalue weighted by molar-refractivity contribution is 9.10. The molecule has 0 saturated heterocycles. The van der Waals surface area contributed by atoms with Gasteiger partial charge in [-0.3, -0.25) is 0 Å². The summed E-state index contributed by atoms with van der Waals surface area (Å²) in [7, 11) is 0. The molecule has 1 unspecified atom stereocenters. The van der Waals surface area contributed by atoms with Crippen LogP contribution in [-0.4, -0.2) is 0 Å². The quantitative estimate of drug-likeness (QED) is 0.547. The van der Waals surface area contributed by atoms with Gasteiger partial charge in [-0.15, -0.1) is 0 Å². The molecule has 0 aliphatic carbocycles. The molecule has 0 heterocycles. The highest BCUT2D eigenvalue weighted by Crippen LogP contribution is 2.36. The highest BCUT2D eigenvalue weighted by Gasteiger charge is 2.14. The molecule has 2 rings (SSSR count). The number of hydrogen-bond donors (Lipinski definition) is 0. The second-order valence-electron chi connectivity index (χ2n) is 4.04. The van der Waals surface area contributed by atoms with Crippen LogP contribution >= 0.6 is 43.5 Å². The molecule has 0 aliphatic rings. The fourth-order valence-corrected chi connectivity index (χ4v) is 3.31. The Balaban J connectivity index is 2.41. The number of alkyl halides is 1. The predicted octanol–water partition coefficient (Wildman–Crippen LogP) is 6.03. The van der Waals surface area contributed by atoms with Crippen LogP contribution < -0.4 is 0 Å². The fraction of sp³-hybridized carbons (Fsp3) is 0.143. The lowest BCUT2D eigenvalue weighted by Crippen LogP contribution is -1.95. The molecule has 0 amide bonds. The smallest absolute Gasteiger partial charge is 0.126 e. The Bertz CT molecular complexity index is 584. The first-order valence-electron chi connectivity index (χ1n) is 5.34. The zero-order valence-electron chi connectivity index (χ0n) is 9.55. The summed E-state index contributed by atoms with van der Waals surface area (Å²) < 4.78 is 14.2. The topological polar surface area (TPSA) is 0 Å². The summed E-state index contributed by atoms with van der Waals surface area (Å²) in [4.78, 5) is -0.0441. The number of rotatable bonds is 2. The standard InChI is InChI=1S/C14H10Br2ClF/c1-8-6-9(2-5-13(8)18)14(16)11-4-3-10(15)7-12(11)17/h2-7,14H,1H3. The summed E-state index contributed by atoms with van der Waals surface area (Å²) in [5, 5.41) is 0.674. The van der Waals surface area contributed by atoms with Crippen molar-refractivity contribution in [3.63, 3.8) is 0 Å². The summed E-state index contributed by atoms with van der Waals surface area (Å²) >= 11 is 13.2. The van der Waals surface area contributed by atoms with E-state index in [4.69, 9.17) is 11.6 Å². The zero-order chi connectivity index (χ0) is 13.3. The van der Waals surface area contributed by atoms with E-state index in [2.05, 4.69) is 31.9 Å². The van der Waals surface area contributed by atoms with Crippen LogP contribution in [0.25, 0.3) is 0 Å². The molecule has 0 N–H and O–H groups in total. The summed E-state index contributed by atoms with van der Waals surface area (Å²) in [5.41, 5.74) is 2.58. The molecule has 2 aromatic rings. The van der Waals surface area contributed by atoms with Gasteiger partial charge < -0.3 is 0 Å². The van der Waals surface area contributed by atoms with Crippen molar-refractivity contribution in [1.29, 1.82) is 0 Å². The van der Waals surface area contributed by atoms with Crippen LogP contribution in [0.1, 0.15) is 21.5 Å². The minimum absolute atomic E-state index is 0.0441. The third-order valence-electron chi connectivity index (χ3n) is 2.71. The number of halogens is 4. The second-order valence-corrected chi connectivity index (χ2v) is 6.28. The molecule has 0 saturated carbocycles. The number of hydrogen-bond acceptors (Lipinski definition) is 0. The molecule has 0 bridgehead atoms. The Labute approximate surface area is 127 Å². The lowest BCUT2D eigenvalue weighted by atomic mass is 10.0. The van der Waals surface area contributed by atoms with Crippen LogP contribution in [0, 0.1) is 12.7 Å². The first-order chi connectivity index (χ1) is 8.49. The molecule has 0 nitrogen and oxygen atoms in total. The Hall–Kier alpha value is -0.380. The van der Waals surface area contributed by atoms with Gasteiger partial charge in [0.15, 0.2) is 0 Å². The third-order valence-corrected chi connectivity index (χ3v) is 4.55. The van der Waals surface area contributed by atoms with Crippen LogP contribution in [0.3, 0.4) is 0 Å². The van der Waals surface area contributed by atoms with E-state index < -0.39 is 0 Å². The van der Waals surface area contributed by atoms with E-state index in [-0.39, 0.29) is 10.6 Å². The summed E-state index contributed by atoms with van der Waals surface area (Å²) in [6.07, 6.45) is 0. The van der Waals surface area contributed by atoms with Crippen LogP contribution in [0.15, 0.2) is 40.9 Å². The molecule has 2 aromatic carbocycles. The summed E-state index contributed by atoms with van der Waals surface area (Å²) in [6, 6.07) is 10.8. The van der Waals surface area contributed by atoms with Crippen molar-refractivity contribution in [3.05, 3.63) is 68.4 Å². The van der Waals surface area contributed by atoms with Gasteiger partial charge in [-0.05, 0) is 41.8 Å². The molecule has 4 heteroatoms. The van der Waals surface area contributed by atoms with E-state index in [1.165, 1.54) is 6.07 Å². The number of benzene rings is 2. The zero-order valence-corrected chi connectivity index (χ0v) is 13.5. The molecule has 94 valence electrons. The second kappa shape index (κ2) is 5.72. The van der Waals surface area contributed by atoms with Crippen molar-refractivity contribution in [3.8, 4) is 0 Å². The lowest BCUT2D eigenvalue weighted by molar-refractivity contribution is 0.618. The predicted molar refractivity (Wildman–Crippen MR) is 81.1 cm³/mol. The average molecular weight is 392 g/mol. The SMILES string of the molecule is Cc1cc(C(Br)c2ccc(Br)cc2Cl)ccc1F. The van der Waals surface area contributed by atoms with E-state index in [0.717, 1.165) is 15.6 Å². The molecular weight excluding hydrogens is 382 g/mol. The maximum absolute atomic E-state index is 13.2. The minimum Gasteiger partial charge on any atom is -0.207 e. The maximum Gasteiger partial charge on any atom is 0.126 e. The molecule has 0 aliphatic heterocycles. The van der Waals surface area contributed by atoms with Gasteiger partial charge in [0.1, 0.15) is 5.82 Å². The van der Waals surface area contributed by atoms with Gasteiger partial charge in [-0.25, -0.2) is 4.39 Å². The van der Waals surface area contributed by atoms with E-state index in [0.29, 0.717) is 10.6 Å². The Morgan fingerprint density at radius 3 is 2.50 bits per heavy atom. The van der Waals surface area contributed by atoms with Gasteiger partial charge in [0.25, 0.3) is 0 Å². The Morgan fingerprint density at radius 2 is 1.89 bits per heavy atom. The maximum atomic E-state index is 13.2. The van der Waals surface area contributed by atoms with Crippen LogP contribution in [0.4, 0.5) is 4.39 Å². The first-order valence-corrected chi connectivity index (χ1v) is 7.43. The molecular formula is C14H10Br2ClF. The van der Waals surface area contributed by atoms with E-state index in [9.17, 15) is 4.39 Å². The van der Waals surface area contributed by atoms with Gasteiger partial charge >= 0.3 is 0 Å². The molecule has 1 atom stereocenters.